The first-order valence-corrected chi connectivity index (χ1v) is 5.82. The third-order valence-electron chi connectivity index (χ3n) is 2.08. The summed E-state index contributed by atoms with van der Waals surface area (Å²) >= 11 is 3.36. The van der Waals surface area contributed by atoms with E-state index in [2.05, 4.69) is 28.1 Å². The van der Waals surface area contributed by atoms with Crippen LogP contribution in [0.2, 0.25) is 0 Å². The Morgan fingerprint density at radius 3 is 2.79 bits per heavy atom. The number of halogens is 2. The van der Waals surface area contributed by atoms with Crippen LogP contribution >= 0.6 is 15.9 Å². The van der Waals surface area contributed by atoms with Crippen molar-refractivity contribution < 1.29 is 4.39 Å². The second-order valence-corrected chi connectivity index (χ2v) is 4.02. The van der Waals surface area contributed by atoms with Gasteiger partial charge in [0.1, 0.15) is 5.82 Å². The quantitative estimate of drug-likeness (QED) is 0.564. The Balaban J connectivity index is 2.59. The topological polar surface area (TPSA) is 0 Å². The summed E-state index contributed by atoms with van der Waals surface area (Å²) in [7, 11) is 0. The lowest BCUT2D eigenvalue weighted by Gasteiger charge is -2.01. The highest BCUT2D eigenvalue weighted by Crippen LogP contribution is 2.11. The van der Waals surface area contributed by atoms with Gasteiger partial charge in [0, 0.05) is 5.33 Å². The summed E-state index contributed by atoms with van der Waals surface area (Å²) in [4.78, 5) is 0. The molecule has 1 aromatic carbocycles. The molecule has 0 unspecified atom stereocenters. The van der Waals surface area contributed by atoms with Crippen molar-refractivity contribution in [3.8, 4) is 0 Å². The van der Waals surface area contributed by atoms with Crippen LogP contribution in [0.1, 0.15) is 17.5 Å². The van der Waals surface area contributed by atoms with Crippen molar-refractivity contribution in [1.82, 2.24) is 0 Å². The van der Waals surface area contributed by atoms with Gasteiger partial charge < -0.3 is 0 Å². The van der Waals surface area contributed by atoms with E-state index in [1.54, 1.807) is 6.07 Å². The van der Waals surface area contributed by atoms with Gasteiger partial charge in [-0.1, -0.05) is 34.1 Å². The van der Waals surface area contributed by atoms with Gasteiger partial charge in [0.15, 0.2) is 0 Å². The monoisotopic (exact) mass is 256 g/mol. The highest BCUT2D eigenvalue weighted by Gasteiger charge is 1.97. The van der Waals surface area contributed by atoms with Crippen molar-refractivity contribution in [3.63, 3.8) is 0 Å². The highest BCUT2D eigenvalue weighted by atomic mass is 79.9. The summed E-state index contributed by atoms with van der Waals surface area (Å²) in [6.45, 7) is 1.94. The molecule has 0 atom stereocenters. The Morgan fingerprint density at radius 1 is 1.36 bits per heavy atom. The van der Waals surface area contributed by atoms with Crippen LogP contribution in [0.3, 0.4) is 0 Å². The number of rotatable bonds is 4. The van der Waals surface area contributed by atoms with Crippen LogP contribution in [0.25, 0.3) is 0 Å². The molecule has 0 aliphatic carbocycles. The number of aryl methyl sites for hydroxylation is 1. The molecule has 0 aromatic heterocycles. The van der Waals surface area contributed by atoms with Gasteiger partial charge in [0.25, 0.3) is 0 Å². The summed E-state index contributed by atoms with van der Waals surface area (Å²) in [6.07, 6.45) is 6.19. The van der Waals surface area contributed by atoms with E-state index < -0.39 is 0 Å². The molecule has 0 fully saturated rings. The SMILES string of the molecule is Cc1cc(F)ccc1C/C=C/CCBr. The van der Waals surface area contributed by atoms with Gasteiger partial charge in [-0.25, -0.2) is 4.39 Å². The molecule has 76 valence electrons. The first kappa shape index (κ1) is 11.4. The first-order chi connectivity index (χ1) is 6.74. The molecule has 14 heavy (non-hydrogen) atoms. The predicted molar refractivity (Wildman–Crippen MR) is 62.4 cm³/mol. The van der Waals surface area contributed by atoms with E-state index in [0.717, 1.165) is 23.7 Å². The van der Waals surface area contributed by atoms with Crippen LogP contribution in [0, 0.1) is 12.7 Å². The van der Waals surface area contributed by atoms with Gasteiger partial charge in [-0.2, -0.15) is 0 Å². The summed E-state index contributed by atoms with van der Waals surface area (Å²) in [5.74, 6) is -0.157. The minimum Gasteiger partial charge on any atom is -0.207 e. The molecule has 0 heterocycles. The standard InChI is InChI=1S/C12H14BrF/c1-10-9-12(14)7-6-11(10)5-3-2-4-8-13/h2-3,6-7,9H,4-5,8H2,1H3/b3-2+. The smallest absolute Gasteiger partial charge is 0.123 e. The molecule has 0 radical (unpaired) electrons. The van der Waals surface area contributed by atoms with Gasteiger partial charge in [-0.3, -0.25) is 0 Å². The van der Waals surface area contributed by atoms with Crippen LogP contribution in [0.5, 0.6) is 0 Å². The molecule has 0 aliphatic heterocycles. The largest absolute Gasteiger partial charge is 0.207 e. The molecule has 0 bridgehead atoms. The molecule has 0 nitrogen and oxygen atoms in total. The van der Waals surface area contributed by atoms with Crippen LogP contribution in [0.15, 0.2) is 30.4 Å². The van der Waals surface area contributed by atoms with E-state index in [4.69, 9.17) is 0 Å². The lowest BCUT2D eigenvalue weighted by molar-refractivity contribution is 0.626. The second kappa shape index (κ2) is 5.97. The Labute approximate surface area is 93.0 Å². The molecule has 0 N–H and O–H groups in total. The third-order valence-corrected chi connectivity index (χ3v) is 2.54. The molecule has 1 rings (SSSR count). The maximum Gasteiger partial charge on any atom is 0.123 e. The number of hydrogen-bond acceptors (Lipinski definition) is 0. The summed E-state index contributed by atoms with van der Waals surface area (Å²) in [5, 5.41) is 0.992. The third kappa shape index (κ3) is 3.62. The van der Waals surface area contributed by atoms with E-state index in [0.29, 0.717) is 0 Å². The van der Waals surface area contributed by atoms with E-state index in [9.17, 15) is 4.39 Å². The fraction of sp³-hybridized carbons (Fsp3) is 0.333. The van der Waals surface area contributed by atoms with Crippen molar-refractivity contribution in [2.45, 2.75) is 19.8 Å². The van der Waals surface area contributed by atoms with Gasteiger partial charge >= 0.3 is 0 Å². The summed E-state index contributed by atoms with van der Waals surface area (Å²) in [6, 6.07) is 4.94. The fourth-order valence-electron chi connectivity index (χ4n) is 1.28. The number of allylic oxidation sites excluding steroid dienone is 2. The average Bonchev–Trinajstić information content (AvgIpc) is 2.15. The van der Waals surface area contributed by atoms with Gasteiger partial charge in [-0.05, 0) is 43.0 Å². The van der Waals surface area contributed by atoms with Gasteiger partial charge in [0.05, 0.1) is 0 Å². The van der Waals surface area contributed by atoms with Crippen molar-refractivity contribution in [1.29, 1.82) is 0 Å². The van der Waals surface area contributed by atoms with E-state index in [1.807, 2.05) is 13.0 Å². The van der Waals surface area contributed by atoms with Crippen LogP contribution in [-0.2, 0) is 6.42 Å². The zero-order valence-corrected chi connectivity index (χ0v) is 9.85. The van der Waals surface area contributed by atoms with Crippen molar-refractivity contribution in [3.05, 3.63) is 47.3 Å². The lowest BCUT2D eigenvalue weighted by Crippen LogP contribution is -1.88. The number of alkyl halides is 1. The first-order valence-electron chi connectivity index (χ1n) is 4.70. The summed E-state index contributed by atoms with van der Waals surface area (Å²) < 4.78 is 12.8. The minimum absolute atomic E-state index is 0.157. The van der Waals surface area contributed by atoms with Crippen LogP contribution in [-0.4, -0.2) is 5.33 Å². The fourth-order valence-corrected chi connectivity index (χ4v) is 1.54. The van der Waals surface area contributed by atoms with Crippen molar-refractivity contribution in [2.24, 2.45) is 0 Å². The van der Waals surface area contributed by atoms with E-state index in [1.165, 1.54) is 11.6 Å². The molecular formula is C12H14BrF. The Morgan fingerprint density at radius 2 is 2.14 bits per heavy atom. The van der Waals surface area contributed by atoms with Gasteiger partial charge in [0.2, 0.25) is 0 Å². The minimum atomic E-state index is -0.157. The number of hydrogen-bond donors (Lipinski definition) is 0. The normalized spacial score (nSPS) is 11.1. The molecule has 0 aliphatic rings. The predicted octanol–water partition coefficient (Wildman–Crippen LogP) is 4.02. The van der Waals surface area contributed by atoms with Crippen LogP contribution in [0.4, 0.5) is 4.39 Å². The lowest BCUT2D eigenvalue weighted by atomic mass is 10.1. The Kier molecular flexibility index (Phi) is 4.88. The maximum absolute atomic E-state index is 12.8. The molecule has 2 heteroatoms. The molecule has 0 spiro atoms. The zero-order valence-electron chi connectivity index (χ0n) is 8.26. The van der Waals surface area contributed by atoms with Crippen molar-refractivity contribution in [2.75, 3.05) is 5.33 Å². The van der Waals surface area contributed by atoms with E-state index >= 15 is 0 Å². The molecule has 0 saturated heterocycles. The maximum atomic E-state index is 12.8. The molecule has 0 amide bonds. The Hall–Kier alpha value is -0.630. The second-order valence-electron chi connectivity index (χ2n) is 3.22. The number of benzene rings is 1. The van der Waals surface area contributed by atoms with E-state index in [-0.39, 0.29) is 5.82 Å². The van der Waals surface area contributed by atoms with Crippen LogP contribution < -0.4 is 0 Å². The molecule has 0 saturated carbocycles. The Bertz CT molecular complexity index is 318. The highest BCUT2D eigenvalue weighted by molar-refractivity contribution is 9.09. The van der Waals surface area contributed by atoms with Gasteiger partial charge in [-0.15, -0.1) is 0 Å². The molecular weight excluding hydrogens is 243 g/mol. The summed E-state index contributed by atoms with van der Waals surface area (Å²) in [5.41, 5.74) is 2.21. The zero-order chi connectivity index (χ0) is 10.4. The average molecular weight is 257 g/mol. The van der Waals surface area contributed by atoms with Crippen molar-refractivity contribution >= 4 is 15.9 Å². The molecule has 1 aromatic rings.